The summed E-state index contributed by atoms with van der Waals surface area (Å²) in [5.41, 5.74) is 0.785. The maximum absolute atomic E-state index is 13.1. The Kier molecular flexibility index (Phi) is 5.25. The normalized spacial score (nSPS) is 21.3. The number of thiophene rings is 1. The van der Waals surface area contributed by atoms with Crippen molar-refractivity contribution in [2.24, 2.45) is 11.3 Å². The molecule has 2 fully saturated rings. The minimum absolute atomic E-state index is 0.0593. The molecule has 2 aliphatic rings. The second kappa shape index (κ2) is 7.80. The van der Waals surface area contributed by atoms with Gasteiger partial charge in [-0.3, -0.25) is 14.6 Å². The lowest BCUT2D eigenvalue weighted by Gasteiger charge is -2.37. The van der Waals surface area contributed by atoms with Crippen molar-refractivity contribution in [1.29, 1.82) is 0 Å². The maximum atomic E-state index is 13.1. The van der Waals surface area contributed by atoms with Crippen molar-refractivity contribution in [2.75, 3.05) is 13.1 Å². The molecule has 1 spiro atoms. The van der Waals surface area contributed by atoms with E-state index in [1.54, 1.807) is 6.20 Å². The molecule has 1 saturated heterocycles. The van der Waals surface area contributed by atoms with Gasteiger partial charge in [-0.25, -0.2) is 0 Å². The van der Waals surface area contributed by atoms with Crippen molar-refractivity contribution in [3.05, 3.63) is 52.5 Å². The summed E-state index contributed by atoms with van der Waals surface area (Å²) < 4.78 is 0. The molecule has 6 heteroatoms. The third-order valence-corrected chi connectivity index (χ3v) is 6.86. The molecule has 1 atom stereocenters. The third kappa shape index (κ3) is 3.76. The number of hydrogen-bond donors (Lipinski definition) is 1. The minimum Gasteiger partial charge on any atom is -0.350 e. The van der Waals surface area contributed by atoms with E-state index in [9.17, 15) is 9.59 Å². The van der Waals surface area contributed by atoms with Gasteiger partial charge in [-0.1, -0.05) is 31.4 Å². The van der Waals surface area contributed by atoms with Gasteiger partial charge in [-0.05, 0) is 36.4 Å². The van der Waals surface area contributed by atoms with E-state index in [1.165, 1.54) is 17.8 Å². The molecule has 2 amide bonds. The first kappa shape index (κ1) is 18.2. The fourth-order valence-corrected chi connectivity index (χ4v) is 5.30. The molecule has 0 bridgehead atoms. The lowest BCUT2D eigenvalue weighted by Crippen LogP contribution is -2.42. The Balaban J connectivity index is 1.49. The fourth-order valence-electron chi connectivity index (χ4n) is 4.61. The van der Waals surface area contributed by atoms with Crippen molar-refractivity contribution < 1.29 is 9.59 Å². The molecule has 27 heavy (non-hydrogen) atoms. The lowest BCUT2D eigenvalue weighted by molar-refractivity contribution is -0.128. The summed E-state index contributed by atoms with van der Waals surface area (Å²) in [5.74, 6) is -0.00979. The predicted octanol–water partition coefficient (Wildman–Crippen LogP) is 3.48. The number of aromatic nitrogens is 1. The molecule has 2 aromatic rings. The van der Waals surface area contributed by atoms with Gasteiger partial charge in [0.25, 0.3) is 5.91 Å². The molecule has 1 N–H and O–H groups in total. The lowest BCUT2D eigenvalue weighted by atomic mass is 9.67. The van der Waals surface area contributed by atoms with E-state index in [4.69, 9.17) is 0 Å². The molecule has 4 rings (SSSR count). The van der Waals surface area contributed by atoms with Crippen LogP contribution in [0.15, 0.2) is 41.9 Å². The van der Waals surface area contributed by atoms with E-state index < -0.39 is 0 Å². The summed E-state index contributed by atoms with van der Waals surface area (Å²) in [6, 6.07) is 9.48. The Hall–Kier alpha value is -2.21. The van der Waals surface area contributed by atoms with Crippen molar-refractivity contribution in [1.82, 2.24) is 15.2 Å². The smallest absolute Gasteiger partial charge is 0.263 e. The molecule has 1 aliphatic heterocycles. The number of likely N-dealkylation sites (tertiary alicyclic amines) is 1. The number of pyridine rings is 1. The van der Waals surface area contributed by atoms with Crippen molar-refractivity contribution in [3.63, 3.8) is 0 Å². The average molecular weight is 384 g/mol. The molecular formula is C21H25N3O2S. The van der Waals surface area contributed by atoms with Gasteiger partial charge in [0.15, 0.2) is 0 Å². The third-order valence-electron chi connectivity index (χ3n) is 6.00. The van der Waals surface area contributed by atoms with Crippen molar-refractivity contribution >= 4 is 23.2 Å². The zero-order chi connectivity index (χ0) is 18.7. The van der Waals surface area contributed by atoms with Crippen LogP contribution in [-0.4, -0.2) is 34.8 Å². The fraction of sp³-hybridized carbons (Fsp3) is 0.476. The summed E-state index contributed by atoms with van der Waals surface area (Å²) >= 11 is 1.47. The predicted molar refractivity (Wildman–Crippen MR) is 105 cm³/mol. The minimum atomic E-state index is -0.134. The van der Waals surface area contributed by atoms with Gasteiger partial charge in [-0.2, -0.15) is 0 Å². The zero-order valence-corrected chi connectivity index (χ0v) is 16.2. The highest BCUT2D eigenvalue weighted by Crippen LogP contribution is 2.48. The Morgan fingerprint density at radius 2 is 2.04 bits per heavy atom. The van der Waals surface area contributed by atoms with Crippen LogP contribution in [0.5, 0.6) is 0 Å². The molecule has 142 valence electrons. The standard InChI is InChI=1S/C21H25N3O2S/c25-19(23-13-16-7-2-5-11-22-16)17-14-24(20(26)18-8-6-12-27-18)15-21(17)9-3-1-4-10-21/h2,5-8,11-12,17H,1,3-4,9-10,13-15H2,(H,23,25). The van der Waals surface area contributed by atoms with Crippen LogP contribution in [0.3, 0.4) is 0 Å². The molecule has 3 heterocycles. The van der Waals surface area contributed by atoms with Crippen LogP contribution < -0.4 is 5.32 Å². The number of rotatable bonds is 4. The van der Waals surface area contributed by atoms with Gasteiger partial charge >= 0.3 is 0 Å². The van der Waals surface area contributed by atoms with Crippen molar-refractivity contribution in [2.45, 2.75) is 38.6 Å². The van der Waals surface area contributed by atoms with E-state index >= 15 is 0 Å². The number of hydrogen-bond acceptors (Lipinski definition) is 4. The van der Waals surface area contributed by atoms with Gasteiger partial charge in [0, 0.05) is 24.7 Å². The molecule has 2 aromatic heterocycles. The number of nitrogens with one attached hydrogen (secondary N) is 1. The average Bonchev–Trinajstić information content (AvgIpc) is 3.36. The first-order valence-electron chi connectivity index (χ1n) is 9.68. The molecule has 0 aromatic carbocycles. The van der Waals surface area contributed by atoms with Gasteiger partial charge < -0.3 is 10.2 Å². The topological polar surface area (TPSA) is 62.3 Å². The molecular weight excluding hydrogens is 358 g/mol. The molecule has 1 aliphatic carbocycles. The Morgan fingerprint density at radius 1 is 1.19 bits per heavy atom. The van der Waals surface area contributed by atoms with Crippen LogP contribution >= 0.6 is 11.3 Å². The highest BCUT2D eigenvalue weighted by molar-refractivity contribution is 7.12. The van der Waals surface area contributed by atoms with Crippen LogP contribution in [0.2, 0.25) is 0 Å². The van der Waals surface area contributed by atoms with Gasteiger partial charge in [0.05, 0.1) is 23.0 Å². The van der Waals surface area contributed by atoms with E-state index in [2.05, 4.69) is 10.3 Å². The summed E-state index contributed by atoms with van der Waals surface area (Å²) in [6.45, 7) is 1.65. The first-order chi connectivity index (χ1) is 13.2. The largest absolute Gasteiger partial charge is 0.350 e. The maximum Gasteiger partial charge on any atom is 0.263 e. The monoisotopic (exact) mass is 383 g/mol. The van der Waals surface area contributed by atoms with E-state index in [0.717, 1.165) is 36.3 Å². The van der Waals surface area contributed by atoms with Gasteiger partial charge in [0.2, 0.25) is 5.91 Å². The van der Waals surface area contributed by atoms with E-state index in [1.807, 2.05) is 40.6 Å². The van der Waals surface area contributed by atoms with E-state index in [-0.39, 0.29) is 23.1 Å². The Labute approximate surface area is 163 Å². The number of nitrogens with zero attached hydrogens (tertiary/aromatic N) is 2. The Bertz CT molecular complexity index is 785. The first-order valence-corrected chi connectivity index (χ1v) is 10.6. The summed E-state index contributed by atoms with van der Waals surface area (Å²) in [5, 5.41) is 5.00. The molecule has 5 nitrogen and oxygen atoms in total. The number of carbonyl (C=O) groups is 2. The van der Waals surface area contributed by atoms with Crippen LogP contribution in [0.25, 0.3) is 0 Å². The van der Waals surface area contributed by atoms with Crippen LogP contribution in [0.1, 0.15) is 47.5 Å². The quantitative estimate of drug-likeness (QED) is 0.879. The summed E-state index contributed by atoms with van der Waals surface area (Å²) in [7, 11) is 0. The molecule has 1 unspecified atom stereocenters. The van der Waals surface area contributed by atoms with Gasteiger partial charge in [0.1, 0.15) is 0 Å². The second-order valence-corrected chi connectivity index (χ2v) is 8.63. The summed E-state index contributed by atoms with van der Waals surface area (Å²) in [6.07, 6.45) is 7.31. The van der Waals surface area contributed by atoms with Gasteiger partial charge in [-0.15, -0.1) is 11.3 Å². The highest BCUT2D eigenvalue weighted by Gasteiger charge is 2.51. The van der Waals surface area contributed by atoms with Crippen LogP contribution in [-0.2, 0) is 11.3 Å². The summed E-state index contributed by atoms with van der Waals surface area (Å²) in [4.78, 5) is 32.9. The molecule has 0 radical (unpaired) electrons. The SMILES string of the molecule is O=C(NCc1ccccn1)C1CN(C(=O)c2cccs2)CC12CCCCC2. The Morgan fingerprint density at radius 3 is 2.74 bits per heavy atom. The van der Waals surface area contributed by atoms with Crippen LogP contribution in [0, 0.1) is 11.3 Å². The second-order valence-electron chi connectivity index (χ2n) is 7.68. The van der Waals surface area contributed by atoms with Crippen LogP contribution in [0.4, 0.5) is 0 Å². The molecule has 1 saturated carbocycles. The van der Waals surface area contributed by atoms with E-state index in [0.29, 0.717) is 19.6 Å². The number of amides is 2. The highest BCUT2D eigenvalue weighted by atomic mass is 32.1. The zero-order valence-electron chi connectivity index (χ0n) is 15.4. The number of carbonyl (C=O) groups excluding carboxylic acids is 2. The van der Waals surface area contributed by atoms with Crippen molar-refractivity contribution in [3.8, 4) is 0 Å².